The number of nitrogens with two attached hydrogens (primary N) is 2. The number of carboxylic acid groups (broad SMARTS) is 2. The number of nitrogens with zero attached hydrogens (tertiary/aromatic N) is 5. The Morgan fingerprint density at radius 1 is 0.865 bits per heavy atom. The molecule has 14 nitrogen and oxygen atoms in total. The number of aliphatic carboxylic acids is 2. The van der Waals surface area contributed by atoms with Gasteiger partial charge in [-0.05, 0) is 42.8 Å². The molecule has 1 aromatic heterocycles. The Morgan fingerprint density at radius 2 is 1.41 bits per heavy atom. The number of nitrogen functional groups attached to an aromatic ring is 2. The van der Waals surface area contributed by atoms with Crippen LogP contribution in [-0.2, 0) is 19.6 Å². The van der Waals surface area contributed by atoms with Crippen molar-refractivity contribution in [1.29, 1.82) is 0 Å². The van der Waals surface area contributed by atoms with E-state index in [2.05, 4.69) is 25.4 Å². The number of sulfonamides is 1. The average molecular weight is 527 g/mol. The number of anilines is 2. The number of pyridine rings is 1. The smallest absolute Gasteiger partial charge is 0.321 e. The summed E-state index contributed by atoms with van der Waals surface area (Å²) in [5, 5.41) is 34.1. The quantitative estimate of drug-likeness (QED) is 0.229. The number of hydrogen-bond donors (Lipinski definition) is 5. The Balaban J connectivity index is 1.76. The highest BCUT2D eigenvalue weighted by Crippen LogP contribution is 2.32. The molecule has 15 heteroatoms. The lowest BCUT2D eigenvalue weighted by Gasteiger charge is -2.14. The van der Waals surface area contributed by atoms with Gasteiger partial charge in [0.15, 0.2) is 11.6 Å². The molecule has 192 valence electrons. The van der Waals surface area contributed by atoms with Gasteiger partial charge in [-0.1, -0.05) is 18.2 Å². The Bertz CT molecular complexity index is 1440. The largest absolute Gasteiger partial charge is 0.481 e. The summed E-state index contributed by atoms with van der Waals surface area (Å²) >= 11 is 0. The molecule has 0 amide bonds. The first-order valence-electron chi connectivity index (χ1n) is 10.6. The summed E-state index contributed by atoms with van der Waals surface area (Å²) in [5.41, 5.74) is 12.9. The highest BCUT2D eigenvalue weighted by atomic mass is 32.2. The molecule has 2 aromatic carbocycles. The van der Waals surface area contributed by atoms with Gasteiger partial charge in [-0.15, -0.1) is 10.2 Å². The second-order valence-electron chi connectivity index (χ2n) is 7.47. The lowest BCUT2D eigenvalue weighted by Crippen LogP contribution is -2.41. The number of carbonyl (C=O) groups is 2. The summed E-state index contributed by atoms with van der Waals surface area (Å²) in [6.07, 6.45) is -0.933. The van der Waals surface area contributed by atoms with Gasteiger partial charge in [-0.2, -0.15) is 15.0 Å². The molecular weight excluding hydrogens is 504 g/mol. The molecule has 7 N–H and O–H groups in total. The van der Waals surface area contributed by atoms with Crippen LogP contribution in [0, 0.1) is 0 Å². The van der Waals surface area contributed by atoms with Crippen molar-refractivity contribution < 1.29 is 28.2 Å². The van der Waals surface area contributed by atoms with Crippen LogP contribution in [0.5, 0.6) is 0 Å². The average Bonchev–Trinajstić information content (AvgIpc) is 2.86. The van der Waals surface area contributed by atoms with Crippen LogP contribution in [0.4, 0.5) is 34.4 Å². The van der Waals surface area contributed by atoms with E-state index in [4.69, 9.17) is 16.6 Å². The third kappa shape index (κ3) is 7.61. The van der Waals surface area contributed by atoms with Crippen LogP contribution in [-0.4, -0.2) is 41.6 Å². The first-order valence-corrected chi connectivity index (χ1v) is 12.0. The molecule has 37 heavy (non-hydrogen) atoms. The number of azo groups is 2. The monoisotopic (exact) mass is 526 g/mol. The maximum Gasteiger partial charge on any atom is 0.321 e. The van der Waals surface area contributed by atoms with Gasteiger partial charge in [-0.3, -0.25) is 9.59 Å². The van der Waals surface area contributed by atoms with Crippen molar-refractivity contribution in [2.75, 3.05) is 11.5 Å². The lowest BCUT2D eigenvalue weighted by molar-refractivity contribution is -0.140. The van der Waals surface area contributed by atoms with Crippen LogP contribution >= 0.6 is 0 Å². The van der Waals surface area contributed by atoms with E-state index in [-0.39, 0.29) is 33.6 Å². The van der Waals surface area contributed by atoms with E-state index >= 15 is 0 Å². The van der Waals surface area contributed by atoms with Crippen LogP contribution in [0.2, 0.25) is 0 Å². The van der Waals surface area contributed by atoms with Crippen molar-refractivity contribution in [3.8, 4) is 0 Å². The normalized spacial score (nSPS) is 12.6. The van der Waals surface area contributed by atoms with E-state index in [0.717, 1.165) is 0 Å². The van der Waals surface area contributed by atoms with Gasteiger partial charge in [0.25, 0.3) is 0 Å². The van der Waals surface area contributed by atoms with Crippen molar-refractivity contribution >= 4 is 56.3 Å². The second-order valence-corrected chi connectivity index (χ2v) is 9.19. The van der Waals surface area contributed by atoms with Crippen LogP contribution in [0.25, 0.3) is 0 Å². The second kappa shape index (κ2) is 11.8. The zero-order valence-corrected chi connectivity index (χ0v) is 19.9. The predicted octanol–water partition coefficient (Wildman–Crippen LogP) is 3.67. The van der Waals surface area contributed by atoms with E-state index < -0.39 is 40.8 Å². The molecule has 3 rings (SSSR count). The summed E-state index contributed by atoms with van der Waals surface area (Å²) in [6.45, 7) is 0. The molecule has 0 aliphatic carbocycles. The van der Waals surface area contributed by atoms with Crippen molar-refractivity contribution in [2.45, 2.75) is 23.8 Å². The third-order valence-electron chi connectivity index (χ3n) is 4.73. The third-order valence-corrected chi connectivity index (χ3v) is 6.22. The predicted molar refractivity (Wildman–Crippen MR) is 133 cm³/mol. The fraction of sp³-hybridized carbons (Fsp3) is 0.136. The Labute approximate surface area is 210 Å². The van der Waals surface area contributed by atoms with Crippen LogP contribution in [0.3, 0.4) is 0 Å². The molecular formula is C22H22N8O6S. The molecule has 0 aliphatic heterocycles. The van der Waals surface area contributed by atoms with Gasteiger partial charge in [0.05, 0.1) is 16.3 Å². The molecule has 0 fully saturated rings. The molecule has 0 saturated heterocycles. The van der Waals surface area contributed by atoms with Gasteiger partial charge >= 0.3 is 11.9 Å². The van der Waals surface area contributed by atoms with E-state index in [1.165, 1.54) is 30.3 Å². The minimum atomic E-state index is -4.25. The summed E-state index contributed by atoms with van der Waals surface area (Å²) in [6, 6.07) is 13.8. The number of carboxylic acids is 2. The van der Waals surface area contributed by atoms with Crippen molar-refractivity contribution in [3.63, 3.8) is 0 Å². The Morgan fingerprint density at radius 3 is 1.92 bits per heavy atom. The summed E-state index contributed by atoms with van der Waals surface area (Å²) in [7, 11) is -4.25. The highest BCUT2D eigenvalue weighted by molar-refractivity contribution is 7.89. The summed E-state index contributed by atoms with van der Waals surface area (Å²) in [4.78, 5) is 25.7. The molecule has 0 aliphatic rings. The van der Waals surface area contributed by atoms with Crippen molar-refractivity contribution in [2.24, 2.45) is 20.5 Å². The van der Waals surface area contributed by atoms with Gasteiger partial charge in [0.2, 0.25) is 10.0 Å². The lowest BCUT2D eigenvalue weighted by atomic mass is 10.2. The first kappa shape index (κ1) is 26.8. The van der Waals surface area contributed by atoms with Crippen LogP contribution in [0.15, 0.2) is 86.0 Å². The molecule has 0 radical (unpaired) electrons. The number of aromatic nitrogens is 1. The van der Waals surface area contributed by atoms with E-state index in [9.17, 15) is 23.1 Å². The minimum Gasteiger partial charge on any atom is -0.481 e. The first-order chi connectivity index (χ1) is 17.5. The maximum absolute atomic E-state index is 12.5. The zero-order chi connectivity index (χ0) is 27.0. The molecule has 1 unspecified atom stereocenters. The SMILES string of the molecule is Nc1nc(N)c(N=Nc2ccc(S(=O)(=O)NC(CCC(=O)O)C(=O)O)cc2)cc1N=Nc1ccccc1. The molecule has 1 heterocycles. The van der Waals surface area contributed by atoms with Crippen molar-refractivity contribution in [3.05, 3.63) is 60.7 Å². The number of benzene rings is 2. The van der Waals surface area contributed by atoms with Gasteiger partial charge in [0.1, 0.15) is 17.4 Å². The molecule has 0 bridgehead atoms. The molecule has 1 atom stereocenters. The minimum absolute atomic E-state index is 0.00983. The van der Waals surface area contributed by atoms with E-state index in [0.29, 0.717) is 5.69 Å². The maximum atomic E-state index is 12.5. The fourth-order valence-electron chi connectivity index (χ4n) is 2.85. The summed E-state index contributed by atoms with van der Waals surface area (Å²) < 4.78 is 27.0. The number of hydrogen-bond acceptors (Lipinski definition) is 11. The van der Waals surface area contributed by atoms with Gasteiger partial charge in [-0.25, -0.2) is 13.4 Å². The molecule has 0 saturated carbocycles. The van der Waals surface area contributed by atoms with Gasteiger partial charge in [0, 0.05) is 12.5 Å². The van der Waals surface area contributed by atoms with Crippen molar-refractivity contribution in [1.82, 2.24) is 9.71 Å². The summed E-state index contributed by atoms with van der Waals surface area (Å²) in [5.74, 6) is -2.71. The Hall–Kier alpha value is -4.76. The molecule has 0 spiro atoms. The van der Waals surface area contributed by atoms with Crippen LogP contribution in [0.1, 0.15) is 12.8 Å². The van der Waals surface area contributed by atoms with E-state index in [1.54, 1.807) is 24.3 Å². The fourth-order valence-corrected chi connectivity index (χ4v) is 4.07. The number of rotatable bonds is 11. The Kier molecular flexibility index (Phi) is 8.55. The van der Waals surface area contributed by atoms with Crippen LogP contribution < -0.4 is 16.2 Å². The van der Waals surface area contributed by atoms with Gasteiger partial charge < -0.3 is 21.7 Å². The van der Waals surface area contributed by atoms with E-state index in [1.807, 2.05) is 10.8 Å². The topological polar surface area (TPSA) is 235 Å². The highest BCUT2D eigenvalue weighted by Gasteiger charge is 2.26. The standard InChI is InChI=1S/C22H22N8O6S/c23-20-17(28-26-13-4-2-1-3-5-13)12-18(21(24)25-20)29-27-14-6-8-15(9-7-14)37(35,36)30-16(22(33)34)10-11-19(31)32/h1-9,12,16,30H,10-11H2,(H,31,32)(H,33,34)(H4,23,24,25). The molecule has 3 aromatic rings. The zero-order valence-electron chi connectivity index (χ0n) is 19.1. The number of nitrogens with one attached hydrogen (secondary N) is 1.